The van der Waals surface area contributed by atoms with Crippen molar-refractivity contribution in [1.82, 2.24) is 9.55 Å². The quantitative estimate of drug-likeness (QED) is 0.900. The van der Waals surface area contributed by atoms with E-state index in [0.29, 0.717) is 5.69 Å². The van der Waals surface area contributed by atoms with Crippen molar-refractivity contribution >= 4 is 11.6 Å². The van der Waals surface area contributed by atoms with Crippen LogP contribution in [0.5, 0.6) is 0 Å². The average molecular weight is 243 g/mol. The number of para-hydroxylation sites is 1. The van der Waals surface area contributed by atoms with Gasteiger partial charge in [0.15, 0.2) is 0 Å². The van der Waals surface area contributed by atoms with E-state index in [4.69, 9.17) is 0 Å². The van der Waals surface area contributed by atoms with Crippen LogP contribution in [0.15, 0.2) is 30.7 Å². The molecule has 0 aliphatic carbocycles. The summed E-state index contributed by atoms with van der Waals surface area (Å²) in [5.41, 5.74) is 3.68. The van der Waals surface area contributed by atoms with Crippen LogP contribution in [-0.4, -0.2) is 15.5 Å². The van der Waals surface area contributed by atoms with Crippen LogP contribution in [0.1, 0.15) is 28.5 Å². The van der Waals surface area contributed by atoms with Crippen LogP contribution in [-0.2, 0) is 13.5 Å². The summed E-state index contributed by atoms with van der Waals surface area (Å²) < 4.78 is 1.71. The van der Waals surface area contributed by atoms with Gasteiger partial charge in [0, 0.05) is 12.7 Å². The Morgan fingerprint density at radius 2 is 2.22 bits per heavy atom. The first-order valence-electron chi connectivity index (χ1n) is 5.99. The Morgan fingerprint density at radius 1 is 1.44 bits per heavy atom. The molecule has 1 aromatic heterocycles. The molecule has 2 rings (SSSR count). The Balaban J connectivity index is 2.30. The summed E-state index contributed by atoms with van der Waals surface area (Å²) in [5.74, 6) is -0.126. The zero-order valence-corrected chi connectivity index (χ0v) is 10.9. The summed E-state index contributed by atoms with van der Waals surface area (Å²) in [5, 5.41) is 2.97. The molecule has 1 amide bonds. The van der Waals surface area contributed by atoms with E-state index in [0.717, 1.165) is 23.2 Å². The zero-order valence-electron chi connectivity index (χ0n) is 10.9. The van der Waals surface area contributed by atoms with Gasteiger partial charge in [0.2, 0.25) is 0 Å². The van der Waals surface area contributed by atoms with E-state index < -0.39 is 0 Å². The van der Waals surface area contributed by atoms with Gasteiger partial charge < -0.3 is 9.88 Å². The number of hydrogen-bond acceptors (Lipinski definition) is 2. The van der Waals surface area contributed by atoms with E-state index >= 15 is 0 Å². The number of aryl methyl sites for hydroxylation is 3. The molecule has 0 saturated heterocycles. The molecule has 0 aliphatic rings. The molecule has 4 nitrogen and oxygen atoms in total. The molecular weight excluding hydrogens is 226 g/mol. The van der Waals surface area contributed by atoms with Gasteiger partial charge in [-0.25, -0.2) is 4.98 Å². The lowest BCUT2D eigenvalue weighted by atomic mass is 10.1. The van der Waals surface area contributed by atoms with Crippen molar-refractivity contribution in [1.29, 1.82) is 0 Å². The first kappa shape index (κ1) is 12.4. The molecule has 0 spiro atoms. The van der Waals surface area contributed by atoms with Gasteiger partial charge in [0.25, 0.3) is 5.91 Å². The number of nitrogens with zero attached hydrogens (tertiary/aromatic N) is 2. The average Bonchev–Trinajstić information content (AvgIpc) is 2.78. The van der Waals surface area contributed by atoms with Crippen LogP contribution in [0, 0.1) is 6.92 Å². The largest absolute Gasteiger partial charge is 0.330 e. The molecule has 1 heterocycles. The number of benzene rings is 1. The highest BCUT2D eigenvalue weighted by Gasteiger charge is 2.13. The van der Waals surface area contributed by atoms with E-state index in [2.05, 4.69) is 17.2 Å². The predicted molar refractivity (Wildman–Crippen MR) is 71.7 cm³/mol. The number of rotatable bonds is 3. The van der Waals surface area contributed by atoms with Gasteiger partial charge in [-0.05, 0) is 24.5 Å². The maximum Gasteiger partial charge on any atom is 0.273 e. The summed E-state index contributed by atoms with van der Waals surface area (Å²) in [6, 6.07) is 6.04. The molecule has 0 fully saturated rings. The number of carbonyl (C=O) groups is 1. The molecule has 0 saturated carbocycles. The lowest BCUT2D eigenvalue weighted by molar-refractivity contribution is 0.101. The van der Waals surface area contributed by atoms with E-state index in [-0.39, 0.29) is 5.91 Å². The molecule has 1 aromatic carbocycles. The van der Waals surface area contributed by atoms with Crippen LogP contribution in [0.2, 0.25) is 0 Å². The monoisotopic (exact) mass is 243 g/mol. The van der Waals surface area contributed by atoms with E-state index in [1.54, 1.807) is 24.1 Å². The molecule has 18 heavy (non-hydrogen) atoms. The fourth-order valence-electron chi connectivity index (χ4n) is 1.96. The predicted octanol–water partition coefficient (Wildman–Crippen LogP) is 2.54. The number of aromatic nitrogens is 2. The van der Waals surface area contributed by atoms with Crippen molar-refractivity contribution in [2.45, 2.75) is 20.3 Å². The molecule has 2 aromatic rings. The Kier molecular flexibility index (Phi) is 3.46. The lowest BCUT2D eigenvalue weighted by Gasteiger charge is -2.12. The fraction of sp³-hybridized carbons (Fsp3) is 0.286. The van der Waals surface area contributed by atoms with Crippen LogP contribution in [0.3, 0.4) is 0 Å². The van der Waals surface area contributed by atoms with E-state index in [1.165, 1.54) is 0 Å². The molecule has 0 bridgehead atoms. The minimum absolute atomic E-state index is 0.126. The third-order valence-corrected chi connectivity index (χ3v) is 3.03. The van der Waals surface area contributed by atoms with Gasteiger partial charge in [0.05, 0.1) is 12.5 Å². The van der Waals surface area contributed by atoms with Gasteiger partial charge in [-0.2, -0.15) is 0 Å². The van der Waals surface area contributed by atoms with Crippen molar-refractivity contribution in [2.75, 3.05) is 5.32 Å². The molecule has 4 heteroatoms. The summed E-state index contributed by atoms with van der Waals surface area (Å²) in [7, 11) is 1.81. The fourth-order valence-corrected chi connectivity index (χ4v) is 1.96. The molecule has 1 N–H and O–H groups in total. The summed E-state index contributed by atoms with van der Waals surface area (Å²) in [6.45, 7) is 4.08. The Morgan fingerprint density at radius 3 is 2.83 bits per heavy atom. The summed E-state index contributed by atoms with van der Waals surface area (Å²) in [4.78, 5) is 16.1. The minimum Gasteiger partial charge on any atom is -0.330 e. The van der Waals surface area contributed by atoms with Crippen molar-refractivity contribution in [3.8, 4) is 0 Å². The second kappa shape index (κ2) is 5.04. The highest BCUT2D eigenvalue weighted by atomic mass is 16.2. The third-order valence-electron chi connectivity index (χ3n) is 3.03. The molecule has 0 unspecified atom stereocenters. The minimum atomic E-state index is -0.126. The number of nitrogens with one attached hydrogen (secondary N) is 1. The number of imidazole rings is 1. The second-order valence-electron chi connectivity index (χ2n) is 4.31. The topological polar surface area (TPSA) is 46.9 Å². The van der Waals surface area contributed by atoms with Crippen molar-refractivity contribution < 1.29 is 4.79 Å². The van der Waals surface area contributed by atoms with Crippen LogP contribution < -0.4 is 5.32 Å². The van der Waals surface area contributed by atoms with E-state index in [1.807, 2.05) is 25.1 Å². The SMILES string of the molecule is CCc1cccc(C)c1NC(=O)c1cncn1C. The number of hydrogen-bond donors (Lipinski definition) is 1. The number of amides is 1. The van der Waals surface area contributed by atoms with Gasteiger partial charge >= 0.3 is 0 Å². The number of anilines is 1. The summed E-state index contributed by atoms with van der Waals surface area (Å²) >= 11 is 0. The highest BCUT2D eigenvalue weighted by Crippen LogP contribution is 2.21. The molecule has 94 valence electrons. The van der Waals surface area contributed by atoms with Crippen LogP contribution in [0.25, 0.3) is 0 Å². The first-order valence-corrected chi connectivity index (χ1v) is 5.99. The molecule has 0 radical (unpaired) electrons. The zero-order chi connectivity index (χ0) is 13.1. The standard InChI is InChI=1S/C14H17N3O/c1-4-11-7-5-6-10(2)13(11)16-14(18)12-8-15-9-17(12)3/h5-9H,4H2,1-3H3,(H,16,18). The van der Waals surface area contributed by atoms with Crippen LogP contribution >= 0.6 is 0 Å². The van der Waals surface area contributed by atoms with Crippen molar-refractivity contribution in [3.05, 3.63) is 47.5 Å². The molecular formula is C14H17N3O. The molecule has 0 aliphatic heterocycles. The molecule has 0 atom stereocenters. The highest BCUT2D eigenvalue weighted by molar-refractivity contribution is 6.03. The Labute approximate surface area is 107 Å². The van der Waals surface area contributed by atoms with Crippen LogP contribution in [0.4, 0.5) is 5.69 Å². The lowest BCUT2D eigenvalue weighted by Crippen LogP contribution is -2.17. The third kappa shape index (κ3) is 2.27. The maximum absolute atomic E-state index is 12.1. The number of carbonyl (C=O) groups excluding carboxylic acids is 1. The van der Waals surface area contributed by atoms with Gasteiger partial charge in [-0.15, -0.1) is 0 Å². The second-order valence-corrected chi connectivity index (χ2v) is 4.31. The van der Waals surface area contributed by atoms with Gasteiger partial charge in [-0.1, -0.05) is 25.1 Å². The normalized spacial score (nSPS) is 10.4. The Bertz CT molecular complexity index is 572. The summed E-state index contributed by atoms with van der Waals surface area (Å²) in [6.07, 6.45) is 4.08. The maximum atomic E-state index is 12.1. The van der Waals surface area contributed by atoms with Gasteiger partial charge in [-0.3, -0.25) is 4.79 Å². The Hall–Kier alpha value is -2.10. The van der Waals surface area contributed by atoms with E-state index in [9.17, 15) is 4.79 Å². The van der Waals surface area contributed by atoms with Gasteiger partial charge in [0.1, 0.15) is 5.69 Å². The van der Waals surface area contributed by atoms with Crippen molar-refractivity contribution in [2.24, 2.45) is 7.05 Å². The van der Waals surface area contributed by atoms with Crippen molar-refractivity contribution in [3.63, 3.8) is 0 Å². The first-order chi connectivity index (χ1) is 8.63. The smallest absolute Gasteiger partial charge is 0.273 e.